The summed E-state index contributed by atoms with van der Waals surface area (Å²) in [4.78, 5) is 11.7. The predicted octanol–water partition coefficient (Wildman–Crippen LogP) is 2.19. The summed E-state index contributed by atoms with van der Waals surface area (Å²) >= 11 is 0. The van der Waals surface area contributed by atoms with E-state index in [0.717, 1.165) is 11.4 Å². The molecular weight excluding hydrogens is 238 g/mol. The summed E-state index contributed by atoms with van der Waals surface area (Å²) in [5, 5.41) is 5.82. The Kier molecular flexibility index (Phi) is 4.53. The average Bonchev–Trinajstić information content (AvgIpc) is 2.93. The van der Waals surface area contributed by atoms with Crippen molar-refractivity contribution in [3.8, 4) is 5.69 Å². The van der Waals surface area contributed by atoms with E-state index in [2.05, 4.69) is 17.2 Å². The summed E-state index contributed by atoms with van der Waals surface area (Å²) < 4.78 is 1.99. The fraction of sp³-hybridized carbons (Fsp3) is 0.133. The molecule has 0 radical (unpaired) electrons. The van der Waals surface area contributed by atoms with Crippen LogP contribution < -0.4 is 10.6 Å². The van der Waals surface area contributed by atoms with Crippen LogP contribution in [0.1, 0.15) is 0 Å². The Hall–Kier alpha value is -2.33. The van der Waals surface area contributed by atoms with E-state index in [-0.39, 0.29) is 12.5 Å². The first-order valence-corrected chi connectivity index (χ1v) is 6.14. The number of rotatable bonds is 6. The topological polar surface area (TPSA) is 46.1 Å². The molecule has 0 bridgehead atoms. The van der Waals surface area contributed by atoms with Crippen molar-refractivity contribution < 1.29 is 4.79 Å². The molecule has 1 amide bonds. The number of aromatic nitrogens is 1. The lowest BCUT2D eigenvalue weighted by atomic mass is 10.2. The maximum Gasteiger partial charge on any atom is 0.238 e. The molecule has 0 aliphatic heterocycles. The van der Waals surface area contributed by atoms with Gasteiger partial charge in [-0.3, -0.25) is 4.79 Å². The van der Waals surface area contributed by atoms with Gasteiger partial charge in [-0.05, 0) is 30.3 Å². The third-order valence-electron chi connectivity index (χ3n) is 2.61. The van der Waals surface area contributed by atoms with Crippen LogP contribution in [0.25, 0.3) is 5.69 Å². The molecule has 0 saturated carbocycles. The minimum atomic E-state index is -0.0634. The van der Waals surface area contributed by atoms with Crippen molar-refractivity contribution in [2.75, 3.05) is 18.4 Å². The number of carbonyl (C=O) groups excluding carboxylic acids is 1. The van der Waals surface area contributed by atoms with Gasteiger partial charge in [0.25, 0.3) is 0 Å². The molecule has 2 N–H and O–H groups in total. The standard InChI is InChI=1S/C15H17N3O/c1-2-8-16-12-15(19)17-13-6-5-7-14(11-13)18-9-3-4-10-18/h2-7,9-11,16H,1,8,12H2,(H,17,19). The van der Waals surface area contributed by atoms with Crippen LogP contribution in [0.15, 0.2) is 61.4 Å². The van der Waals surface area contributed by atoms with Gasteiger partial charge in [0.1, 0.15) is 0 Å². The van der Waals surface area contributed by atoms with E-state index in [9.17, 15) is 4.79 Å². The summed E-state index contributed by atoms with van der Waals surface area (Å²) in [5.74, 6) is -0.0634. The number of amides is 1. The van der Waals surface area contributed by atoms with Crippen LogP contribution >= 0.6 is 0 Å². The van der Waals surface area contributed by atoms with Gasteiger partial charge in [0.15, 0.2) is 0 Å². The normalized spacial score (nSPS) is 10.1. The highest BCUT2D eigenvalue weighted by Gasteiger charge is 2.02. The van der Waals surface area contributed by atoms with Gasteiger partial charge in [0, 0.05) is 30.3 Å². The molecule has 0 spiro atoms. The highest BCUT2D eigenvalue weighted by atomic mass is 16.1. The van der Waals surface area contributed by atoms with Crippen molar-refractivity contribution in [2.24, 2.45) is 0 Å². The van der Waals surface area contributed by atoms with E-state index in [0.29, 0.717) is 6.54 Å². The Bertz CT molecular complexity index is 546. The molecule has 0 saturated heterocycles. The van der Waals surface area contributed by atoms with E-state index < -0.39 is 0 Å². The number of carbonyl (C=O) groups is 1. The number of benzene rings is 1. The van der Waals surface area contributed by atoms with Crippen LogP contribution in [-0.4, -0.2) is 23.6 Å². The van der Waals surface area contributed by atoms with Crippen molar-refractivity contribution >= 4 is 11.6 Å². The first kappa shape index (κ1) is 13.1. The molecule has 98 valence electrons. The largest absolute Gasteiger partial charge is 0.325 e. The van der Waals surface area contributed by atoms with Gasteiger partial charge in [-0.2, -0.15) is 0 Å². The predicted molar refractivity (Wildman–Crippen MR) is 77.5 cm³/mol. The third-order valence-corrected chi connectivity index (χ3v) is 2.61. The van der Waals surface area contributed by atoms with Crippen LogP contribution in [-0.2, 0) is 4.79 Å². The van der Waals surface area contributed by atoms with Gasteiger partial charge in [0.05, 0.1) is 6.54 Å². The van der Waals surface area contributed by atoms with Crippen LogP contribution in [0.3, 0.4) is 0 Å². The summed E-state index contributed by atoms with van der Waals surface area (Å²) in [7, 11) is 0. The minimum absolute atomic E-state index is 0.0634. The molecule has 4 heteroatoms. The maximum atomic E-state index is 11.7. The fourth-order valence-corrected chi connectivity index (χ4v) is 1.74. The van der Waals surface area contributed by atoms with Gasteiger partial charge in [-0.25, -0.2) is 0 Å². The Morgan fingerprint density at radius 1 is 1.26 bits per heavy atom. The number of nitrogens with zero attached hydrogens (tertiary/aromatic N) is 1. The quantitative estimate of drug-likeness (QED) is 0.614. The Morgan fingerprint density at radius 2 is 2.05 bits per heavy atom. The first-order valence-electron chi connectivity index (χ1n) is 6.14. The first-order chi connectivity index (χ1) is 9.29. The Labute approximate surface area is 112 Å². The van der Waals surface area contributed by atoms with Crippen molar-refractivity contribution in [3.63, 3.8) is 0 Å². The van der Waals surface area contributed by atoms with Gasteiger partial charge in [-0.1, -0.05) is 12.1 Å². The third kappa shape index (κ3) is 3.82. The van der Waals surface area contributed by atoms with Crippen molar-refractivity contribution in [1.82, 2.24) is 9.88 Å². The van der Waals surface area contributed by atoms with E-state index >= 15 is 0 Å². The Balaban J connectivity index is 1.99. The van der Waals surface area contributed by atoms with Crippen molar-refractivity contribution in [1.29, 1.82) is 0 Å². The highest BCUT2D eigenvalue weighted by molar-refractivity contribution is 5.92. The smallest absolute Gasteiger partial charge is 0.238 e. The molecule has 2 aromatic rings. The second kappa shape index (κ2) is 6.56. The van der Waals surface area contributed by atoms with Crippen LogP contribution in [0.5, 0.6) is 0 Å². The highest BCUT2D eigenvalue weighted by Crippen LogP contribution is 2.14. The number of anilines is 1. The molecule has 0 aliphatic carbocycles. The van der Waals surface area contributed by atoms with E-state index in [1.807, 2.05) is 53.4 Å². The SMILES string of the molecule is C=CCNCC(=O)Nc1cccc(-n2cccc2)c1. The summed E-state index contributed by atoms with van der Waals surface area (Å²) in [6.45, 7) is 4.48. The van der Waals surface area contributed by atoms with E-state index in [1.54, 1.807) is 6.08 Å². The number of hydrogen-bond donors (Lipinski definition) is 2. The van der Waals surface area contributed by atoms with Crippen LogP contribution in [0, 0.1) is 0 Å². The zero-order valence-electron chi connectivity index (χ0n) is 10.7. The number of hydrogen-bond acceptors (Lipinski definition) is 2. The molecule has 1 heterocycles. The van der Waals surface area contributed by atoms with Crippen molar-refractivity contribution in [2.45, 2.75) is 0 Å². The molecule has 0 aliphatic rings. The van der Waals surface area contributed by atoms with Gasteiger partial charge in [-0.15, -0.1) is 6.58 Å². The Morgan fingerprint density at radius 3 is 2.79 bits per heavy atom. The monoisotopic (exact) mass is 255 g/mol. The number of nitrogens with one attached hydrogen (secondary N) is 2. The lowest BCUT2D eigenvalue weighted by Crippen LogP contribution is -2.28. The maximum absolute atomic E-state index is 11.7. The van der Waals surface area contributed by atoms with E-state index in [1.165, 1.54) is 0 Å². The van der Waals surface area contributed by atoms with Crippen LogP contribution in [0.2, 0.25) is 0 Å². The van der Waals surface area contributed by atoms with Crippen molar-refractivity contribution in [3.05, 3.63) is 61.4 Å². The molecule has 1 aromatic heterocycles. The zero-order chi connectivity index (χ0) is 13.5. The van der Waals surface area contributed by atoms with E-state index in [4.69, 9.17) is 0 Å². The summed E-state index contributed by atoms with van der Waals surface area (Å²) in [6, 6.07) is 11.6. The average molecular weight is 255 g/mol. The second-order valence-electron chi connectivity index (χ2n) is 4.11. The van der Waals surface area contributed by atoms with Gasteiger partial charge >= 0.3 is 0 Å². The molecule has 4 nitrogen and oxygen atoms in total. The molecular formula is C15H17N3O. The molecule has 0 atom stereocenters. The minimum Gasteiger partial charge on any atom is -0.325 e. The molecule has 19 heavy (non-hydrogen) atoms. The lowest BCUT2D eigenvalue weighted by Gasteiger charge is -2.08. The summed E-state index contributed by atoms with van der Waals surface area (Å²) in [5.41, 5.74) is 1.80. The lowest BCUT2D eigenvalue weighted by molar-refractivity contribution is -0.115. The molecule has 0 fully saturated rings. The zero-order valence-corrected chi connectivity index (χ0v) is 10.7. The second-order valence-corrected chi connectivity index (χ2v) is 4.11. The molecule has 2 rings (SSSR count). The summed E-state index contributed by atoms with van der Waals surface area (Å²) in [6.07, 6.45) is 5.65. The van der Waals surface area contributed by atoms with Gasteiger partial charge < -0.3 is 15.2 Å². The van der Waals surface area contributed by atoms with Crippen LogP contribution in [0.4, 0.5) is 5.69 Å². The fourth-order valence-electron chi connectivity index (χ4n) is 1.74. The molecule has 1 aromatic carbocycles. The molecule has 0 unspecified atom stereocenters. The van der Waals surface area contributed by atoms with Gasteiger partial charge in [0.2, 0.25) is 5.91 Å².